The van der Waals surface area contributed by atoms with Gasteiger partial charge in [-0.2, -0.15) is 0 Å². The van der Waals surface area contributed by atoms with Crippen molar-refractivity contribution in [1.29, 1.82) is 0 Å². The number of hydrogen-bond donors (Lipinski definition) is 0. The molecule has 2 heteroatoms. The lowest BCUT2D eigenvalue weighted by Crippen LogP contribution is -2.51. The van der Waals surface area contributed by atoms with E-state index in [9.17, 15) is 4.79 Å². The summed E-state index contributed by atoms with van der Waals surface area (Å²) in [6.07, 6.45) is 16.3. The molecule has 208 valence electrons. The zero-order valence-electron chi connectivity index (χ0n) is 25.0. The number of carbonyl (C=O) groups is 1. The summed E-state index contributed by atoms with van der Waals surface area (Å²) >= 11 is 1.86. The number of hydrogen-bond acceptors (Lipinski definition) is 2. The number of thioether (sulfide) groups is 1. The standard InChI is InChI=1S/C36H52OS/c1-7-26(24(2)3)14-13-25(4)30-17-18-31-28-15-16-32-29(23-38-27-11-9-8-10-12-27)34(37)20-22-36(32,6)33(28)19-21-35(30,31)5/h8-14,24-26,28,30-31,33H,7,15-23H2,1-6H3/t25-,26-,28+,30-,31+,33+,35-,36+/m1/s1. The first-order valence-electron chi connectivity index (χ1n) is 15.8. The summed E-state index contributed by atoms with van der Waals surface area (Å²) in [6.45, 7) is 14.8. The summed E-state index contributed by atoms with van der Waals surface area (Å²) < 4.78 is 0. The molecule has 1 aromatic carbocycles. The van der Waals surface area contributed by atoms with Gasteiger partial charge >= 0.3 is 0 Å². The molecule has 0 amide bonds. The van der Waals surface area contributed by atoms with Crippen LogP contribution < -0.4 is 0 Å². The molecule has 3 saturated carbocycles. The molecule has 1 aromatic rings. The van der Waals surface area contributed by atoms with Crippen molar-refractivity contribution in [2.45, 2.75) is 104 Å². The Morgan fingerprint density at radius 3 is 2.42 bits per heavy atom. The van der Waals surface area contributed by atoms with Crippen molar-refractivity contribution < 1.29 is 4.79 Å². The lowest BCUT2D eigenvalue weighted by Gasteiger charge is -2.59. The minimum atomic E-state index is 0.236. The van der Waals surface area contributed by atoms with Crippen molar-refractivity contribution in [2.24, 2.45) is 52.3 Å². The van der Waals surface area contributed by atoms with Crippen molar-refractivity contribution in [3.8, 4) is 0 Å². The second-order valence-corrected chi connectivity index (χ2v) is 15.2. The first-order chi connectivity index (χ1) is 18.2. The van der Waals surface area contributed by atoms with Gasteiger partial charge in [0.15, 0.2) is 5.78 Å². The van der Waals surface area contributed by atoms with Gasteiger partial charge in [0.2, 0.25) is 0 Å². The molecular formula is C36H52OS. The molecule has 4 aliphatic rings. The monoisotopic (exact) mass is 532 g/mol. The SMILES string of the molecule is CC[C@H](C=C[C@@H](C)[C@H]1CC[C@H]2[C@@H]3CCC4=C(CSc5ccccc5)C(=O)CC[C@]4(C)[C@H]3CC[C@]12C)C(C)C. The number of allylic oxidation sites excluding steroid dienone is 3. The first kappa shape index (κ1) is 28.3. The minimum Gasteiger partial charge on any atom is -0.295 e. The average molecular weight is 533 g/mol. The Kier molecular flexibility index (Phi) is 8.41. The van der Waals surface area contributed by atoms with E-state index in [1.807, 2.05) is 11.8 Å². The number of fused-ring (bicyclic) bond motifs is 5. The Bertz CT molecular complexity index is 1050. The predicted molar refractivity (Wildman–Crippen MR) is 163 cm³/mol. The van der Waals surface area contributed by atoms with Gasteiger partial charge in [-0.1, -0.05) is 77.5 Å². The summed E-state index contributed by atoms with van der Waals surface area (Å²) in [6, 6.07) is 10.6. The van der Waals surface area contributed by atoms with Gasteiger partial charge in [-0.3, -0.25) is 4.79 Å². The van der Waals surface area contributed by atoms with Crippen molar-refractivity contribution in [1.82, 2.24) is 0 Å². The first-order valence-corrected chi connectivity index (χ1v) is 16.8. The molecule has 3 fully saturated rings. The molecule has 0 aromatic heterocycles. The lowest BCUT2D eigenvalue weighted by molar-refractivity contribution is -0.118. The Morgan fingerprint density at radius 2 is 1.71 bits per heavy atom. The molecular weight excluding hydrogens is 480 g/mol. The second-order valence-electron chi connectivity index (χ2n) is 14.1. The van der Waals surface area contributed by atoms with Crippen molar-refractivity contribution in [3.63, 3.8) is 0 Å². The molecule has 0 heterocycles. The van der Waals surface area contributed by atoms with Gasteiger partial charge < -0.3 is 0 Å². The molecule has 0 radical (unpaired) electrons. The van der Waals surface area contributed by atoms with Gasteiger partial charge in [-0.05, 0) is 116 Å². The highest BCUT2D eigenvalue weighted by atomic mass is 32.2. The van der Waals surface area contributed by atoms with Gasteiger partial charge in [0, 0.05) is 22.6 Å². The molecule has 1 nitrogen and oxygen atoms in total. The molecule has 0 unspecified atom stereocenters. The topological polar surface area (TPSA) is 17.1 Å². The molecule has 8 atom stereocenters. The number of rotatable bonds is 8. The third-order valence-corrected chi connectivity index (χ3v) is 13.1. The van der Waals surface area contributed by atoms with Crippen molar-refractivity contribution >= 4 is 17.5 Å². The quantitative estimate of drug-likeness (QED) is 0.245. The number of ketones is 1. The van der Waals surface area contributed by atoms with Crippen LogP contribution >= 0.6 is 11.8 Å². The van der Waals surface area contributed by atoms with E-state index >= 15 is 0 Å². The fourth-order valence-corrected chi connectivity index (χ4v) is 10.8. The zero-order valence-corrected chi connectivity index (χ0v) is 25.8. The summed E-state index contributed by atoms with van der Waals surface area (Å²) in [4.78, 5) is 14.5. The predicted octanol–water partition coefficient (Wildman–Crippen LogP) is 10.2. The largest absolute Gasteiger partial charge is 0.295 e. The number of benzene rings is 1. The van der Waals surface area contributed by atoms with Crippen LogP contribution in [0.2, 0.25) is 0 Å². The van der Waals surface area contributed by atoms with Gasteiger partial charge in [-0.15, -0.1) is 11.8 Å². The fourth-order valence-electron chi connectivity index (χ4n) is 9.85. The van der Waals surface area contributed by atoms with E-state index in [2.05, 4.69) is 84.0 Å². The summed E-state index contributed by atoms with van der Waals surface area (Å²) in [5.41, 5.74) is 3.48. The van der Waals surface area contributed by atoms with Crippen LogP contribution in [0.15, 0.2) is 58.5 Å². The van der Waals surface area contributed by atoms with Crippen LogP contribution in [0.1, 0.15) is 99.3 Å². The molecule has 4 aliphatic carbocycles. The van der Waals surface area contributed by atoms with Crippen molar-refractivity contribution in [2.75, 3.05) is 5.75 Å². The molecule has 0 saturated heterocycles. The molecule has 0 spiro atoms. The molecule has 0 bridgehead atoms. The summed E-state index contributed by atoms with van der Waals surface area (Å²) in [5, 5.41) is 0. The Morgan fingerprint density at radius 1 is 0.947 bits per heavy atom. The minimum absolute atomic E-state index is 0.236. The third-order valence-electron chi connectivity index (χ3n) is 12.1. The Labute approximate surface area is 237 Å². The molecule has 38 heavy (non-hydrogen) atoms. The van der Waals surface area contributed by atoms with E-state index in [-0.39, 0.29) is 5.41 Å². The van der Waals surface area contributed by atoms with E-state index in [1.54, 1.807) is 5.57 Å². The lowest BCUT2D eigenvalue weighted by atomic mass is 9.46. The highest BCUT2D eigenvalue weighted by Gasteiger charge is 2.59. The molecule has 0 N–H and O–H groups in total. The molecule has 5 rings (SSSR count). The van der Waals surface area contributed by atoms with Gasteiger partial charge in [0.25, 0.3) is 0 Å². The highest BCUT2D eigenvalue weighted by Crippen LogP contribution is 2.68. The van der Waals surface area contributed by atoms with Crippen LogP contribution in [0.25, 0.3) is 0 Å². The fraction of sp³-hybridized carbons (Fsp3) is 0.694. The van der Waals surface area contributed by atoms with Crippen LogP contribution in [-0.2, 0) is 4.79 Å². The van der Waals surface area contributed by atoms with Gasteiger partial charge in [0.05, 0.1) is 0 Å². The van der Waals surface area contributed by atoms with E-state index in [4.69, 9.17) is 0 Å². The highest BCUT2D eigenvalue weighted by molar-refractivity contribution is 7.99. The van der Waals surface area contributed by atoms with Gasteiger partial charge in [-0.25, -0.2) is 0 Å². The zero-order chi connectivity index (χ0) is 27.1. The summed E-state index contributed by atoms with van der Waals surface area (Å²) in [7, 11) is 0. The Balaban J connectivity index is 1.34. The maximum absolute atomic E-state index is 13.2. The van der Waals surface area contributed by atoms with Crippen LogP contribution in [0, 0.1) is 52.3 Å². The number of carbonyl (C=O) groups excluding carboxylic acids is 1. The third kappa shape index (κ3) is 5.02. The maximum Gasteiger partial charge on any atom is 0.159 e. The second kappa shape index (κ2) is 11.3. The average Bonchev–Trinajstić information content (AvgIpc) is 3.26. The smallest absolute Gasteiger partial charge is 0.159 e. The van der Waals surface area contributed by atoms with Crippen molar-refractivity contribution in [3.05, 3.63) is 53.6 Å². The van der Waals surface area contributed by atoms with Crippen LogP contribution in [0.4, 0.5) is 0 Å². The van der Waals surface area contributed by atoms with Crippen LogP contribution in [-0.4, -0.2) is 11.5 Å². The van der Waals surface area contributed by atoms with E-state index in [1.165, 1.54) is 49.0 Å². The van der Waals surface area contributed by atoms with E-state index < -0.39 is 0 Å². The Hall–Kier alpha value is -1.28. The molecule has 0 aliphatic heterocycles. The van der Waals surface area contributed by atoms with Crippen LogP contribution in [0.3, 0.4) is 0 Å². The maximum atomic E-state index is 13.2. The van der Waals surface area contributed by atoms with E-state index in [0.717, 1.165) is 54.6 Å². The number of Topliss-reactive ketones (excluding diaryl/α,β-unsaturated/α-hetero) is 1. The van der Waals surface area contributed by atoms with Gasteiger partial charge in [0.1, 0.15) is 0 Å². The van der Waals surface area contributed by atoms with E-state index in [0.29, 0.717) is 23.0 Å². The van der Waals surface area contributed by atoms with Crippen LogP contribution in [0.5, 0.6) is 0 Å². The summed E-state index contributed by atoms with van der Waals surface area (Å²) in [5.74, 6) is 6.72. The normalized spacial score (nSPS) is 36.8.